The summed E-state index contributed by atoms with van der Waals surface area (Å²) in [5.74, 6) is 0.754. The van der Waals surface area contributed by atoms with Crippen LogP contribution in [0.4, 0.5) is 5.69 Å². The fraction of sp³-hybridized carbons (Fsp3) is 0.200. The van der Waals surface area contributed by atoms with E-state index >= 15 is 0 Å². The third kappa shape index (κ3) is 4.00. The Kier molecular flexibility index (Phi) is 4.35. The molecule has 2 rings (SSSR count). The lowest BCUT2D eigenvalue weighted by atomic mass is 10.1. The molecule has 1 N–H and O–H groups in total. The number of carbonyl (C=O) groups excluding carboxylic acids is 1. The van der Waals surface area contributed by atoms with Gasteiger partial charge in [-0.25, -0.2) is 0 Å². The van der Waals surface area contributed by atoms with Crippen molar-refractivity contribution < 1.29 is 9.21 Å². The molecule has 19 heavy (non-hydrogen) atoms. The van der Waals surface area contributed by atoms with Gasteiger partial charge >= 0.3 is 0 Å². The molecule has 0 bridgehead atoms. The van der Waals surface area contributed by atoms with Crippen molar-refractivity contribution in [3.05, 3.63) is 54.0 Å². The van der Waals surface area contributed by atoms with Crippen LogP contribution in [-0.4, -0.2) is 5.91 Å². The Balaban J connectivity index is 1.83. The molecule has 0 saturated carbocycles. The summed E-state index contributed by atoms with van der Waals surface area (Å²) in [6.07, 6.45) is 2.95. The van der Waals surface area contributed by atoms with E-state index in [0.717, 1.165) is 17.0 Å². The van der Waals surface area contributed by atoms with E-state index in [4.69, 9.17) is 9.68 Å². The number of carbonyl (C=O) groups is 1. The molecular formula is C15H14N2O2. The molecule has 0 radical (unpaired) electrons. The molecule has 1 aromatic heterocycles. The molecule has 96 valence electrons. The minimum Gasteiger partial charge on any atom is -0.469 e. The van der Waals surface area contributed by atoms with Crippen LogP contribution in [0, 0.1) is 11.3 Å². The van der Waals surface area contributed by atoms with Crippen LogP contribution in [0.25, 0.3) is 0 Å². The van der Waals surface area contributed by atoms with Gasteiger partial charge in [0.05, 0.1) is 18.8 Å². The first-order valence-electron chi connectivity index (χ1n) is 6.06. The first-order chi connectivity index (χ1) is 9.28. The topological polar surface area (TPSA) is 66.0 Å². The summed E-state index contributed by atoms with van der Waals surface area (Å²) >= 11 is 0. The number of aryl methyl sites for hydroxylation is 1. The smallest absolute Gasteiger partial charge is 0.224 e. The SMILES string of the molecule is N#CCc1ccc(NC(=O)CCc2ccco2)cc1. The number of benzene rings is 1. The number of furan rings is 1. The van der Waals surface area contributed by atoms with E-state index in [2.05, 4.69) is 11.4 Å². The monoisotopic (exact) mass is 254 g/mol. The zero-order chi connectivity index (χ0) is 13.5. The van der Waals surface area contributed by atoms with Gasteiger partial charge in [0.25, 0.3) is 0 Å². The average Bonchev–Trinajstić information content (AvgIpc) is 2.92. The van der Waals surface area contributed by atoms with Crippen molar-refractivity contribution in [3.8, 4) is 6.07 Å². The van der Waals surface area contributed by atoms with Crippen LogP contribution >= 0.6 is 0 Å². The van der Waals surface area contributed by atoms with Gasteiger partial charge in [0.15, 0.2) is 0 Å². The second-order valence-corrected chi connectivity index (χ2v) is 4.16. The molecular weight excluding hydrogens is 240 g/mol. The third-order valence-corrected chi connectivity index (χ3v) is 2.70. The maximum absolute atomic E-state index is 11.7. The molecule has 0 aliphatic heterocycles. The quantitative estimate of drug-likeness (QED) is 0.892. The summed E-state index contributed by atoms with van der Waals surface area (Å²) in [7, 11) is 0. The van der Waals surface area contributed by atoms with E-state index in [0.29, 0.717) is 19.3 Å². The molecule has 1 amide bonds. The van der Waals surface area contributed by atoms with Crippen LogP contribution in [0.15, 0.2) is 47.1 Å². The minimum absolute atomic E-state index is 0.0515. The highest BCUT2D eigenvalue weighted by atomic mass is 16.3. The Bertz CT molecular complexity index is 565. The average molecular weight is 254 g/mol. The molecule has 0 spiro atoms. The predicted octanol–water partition coefficient (Wildman–Crippen LogP) is 2.92. The third-order valence-electron chi connectivity index (χ3n) is 2.70. The maximum Gasteiger partial charge on any atom is 0.224 e. The Hall–Kier alpha value is -2.54. The Morgan fingerprint density at radius 1 is 1.26 bits per heavy atom. The Labute approximate surface area is 111 Å². The van der Waals surface area contributed by atoms with E-state index in [1.165, 1.54) is 0 Å². The lowest BCUT2D eigenvalue weighted by Crippen LogP contribution is -2.12. The second kappa shape index (κ2) is 6.41. The van der Waals surface area contributed by atoms with Gasteiger partial charge in [0.2, 0.25) is 5.91 Å². The number of rotatable bonds is 5. The summed E-state index contributed by atoms with van der Waals surface area (Å²) in [4.78, 5) is 11.7. The largest absolute Gasteiger partial charge is 0.469 e. The van der Waals surface area contributed by atoms with Crippen LogP contribution in [0.3, 0.4) is 0 Å². The van der Waals surface area contributed by atoms with Gasteiger partial charge in [-0.2, -0.15) is 5.26 Å². The fourth-order valence-corrected chi connectivity index (χ4v) is 1.71. The van der Waals surface area contributed by atoms with E-state index in [1.807, 2.05) is 18.2 Å². The number of nitrogens with one attached hydrogen (secondary N) is 1. The van der Waals surface area contributed by atoms with Crippen LogP contribution < -0.4 is 5.32 Å². The van der Waals surface area contributed by atoms with Gasteiger partial charge < -0.3 is 9.73 Å². The number of hydrogen-bond donors (Lipinski definition) is 1. The van der Waals surface area contributed by atoms with Crippen molar-refractivity contribution in [2.45, 2.75) is 19.3 Å². The fourth-order valence-electron chi connectivity index (χ4n) is 1.71. The van der Waals surface area contributed by atoms with E-state index in [-0.39, 0.29) is 5.91 Å². The first-order valence-corrected chi connectivity index (χ1v) is 6.06. The van der Waals surface area contributed by atoms with Crippen molar-refractivity contribution in [2.75, 3.05) is 5.32 Å². The first kappa shape index (κ1) is 12.9. The maximum atomic E-state index is 11.7. The highest BCUT2D eigenvalue weighted by Crippen LogP contribution is 2.11. The molecule has 1 aromatic carbocycles. The molecule has 0 aliphatic carbocycles. The van der Waals surface area contributed by atoms with E-state index in [9.17, 15) is 4.79 Å². The number of anilines is 1. The van der Waals surface area contributed by atoms with Crippen molar-refractivity contribution in [1.82, 2.24) is 0 Å². The van der Waals surface area contributed by atoms with Crippen molar-refractivity contribution in [2.24, 2.45) is 0 Å². The molecule has 2 aromatic rings. The summed E-state index contributed by atoms with van der Waals surface area (Å²) < 4.78 is 5.17. The van der Waals surface area contributed by atoms with Crippen molar-refractivity contribution >= 4 is 11.6 Å². The summed E-state index contributed by atoms with van der Waals surface area (Å²) in [6.45, 7) is 0. The number of nitriles is 1. The van der Waals surface area contributed by atoms with Crippen LogP contribution in [0.5, 0.6) is 0 Å². The lowest BCUT2D eigenvalue weighted by Gasteiger charge is -2.05. The van der Waals surface area contributed by atoms with Gasteiger partial charge in [-0.15, -0.1) is 0 Å². The molecule has 0 fully saturated rings. The molecule has 4 heteroatoms. The zero-order valence-electron chi connectivity index (χ0n) is 10.4. The minimum atomic E-state index is -0.0515. The van der Waals surface area contributed by atoms with Crippen LogP contribution in [-0.2, 0) is 17.6 Å². The Morgan fingerprint density at radius 2 is 2.05 bits per heavy atom. The number of nitrogens with zero attached hydrogens (tertiary/aromatic N) is 1. The van der Waals surface area contributed by atoms with Gasteiger partial charge in [0.1, 0.15) is 5.76 Å². The molecule has 0 atom stereocenters. The highest BCUT2D eigenvalue weighted by Gasteiger charge is 2.04. The van der Waals surface area contributed by atoms with E-state index < -0.39 is 0 Å². The summed E-state index contributed by atoms with van der Waals surface area (Å²) in [5.41, 5.74) is 1.68. The summed E-state index contributed by atoms with van der Waals surface area (Å²) in [6, 6.07) is 13.0. The van der Waals surface area contributed by atoms with Gasteiger partial charge in [0, 0.05) is 18.5 Å². The molecule has 0 aliphatic rings. The normalized spacial score (nSPS) is 9.84. The highest BCUT2D eigenvalue weighted by molar-refractivity contribution is 5.90. The van der Waals surface area contributed by atoms with Crippen molar-refractivity contribution in [1.29, 1.82) is 5.26 Å². The van der Waals surface area contributed by atoms with E-state index in [1.54, 1.807) is 24.5 Å². The lowest BCUT2D eigenvalue weighted by molar-refractivity contribution is -0.116. The molecule has 0 unspecified atom stereocenters. The van der Waals surface area contributed by atoms with Crippen LogP contribution in [0.1, 0.15) is 17.7 Å². The predicted molar refractivity (Wildman–Crippen MR) is 71.4 cm³/mol. The summed E-state index contributed by atoms with van der Waals surface area (Å²) in [5, 5.41) is 11.4. The standard InChI is InChI=1S/C15H14N2O2/c16-10-9-12-3-5-13(6-4-12)17-15(18)8-7-14-2-1-11-19-14/h1-6,11H,7-9H2,(H,17,18). The van der Waals surface area contributed by atoms with Crippen molar-refractivity contribution in [3.63, 3.8) is 0 Å². The second-order valence-electron chi connectivity index (χ2n) is 4.16. The Morgan fingerprint density at radius 3 is 2.68 bits per heavy atom. The number of hydrogen-bond acceptors (Lipinski definition) is 3. The molecule has 1 heterocycles. The molecule has 0 saturated heterocycles. The van der Waals surface area contributed by atoms with Crippen LogP contribution in [0.2, 0.25) is 0 Å². The molecule has 4 nitrogen and oxygen atoms in total. The van der Waals surface area contributed by atoms with Gasteiger partial charge in [-0.05, 0) is 29.8 Å². The van der Waals surface area contributed by atoms with Gasteiger partial charge in [-0.1, -0.05) is 12.1 Å². The van der Waals surface area contributed by atoms with Gasteiger partial charge in [-0.3, -0.25) is 4.79 Å². The number of amides is 1. The zero-order valence-corrected chi connectivity index (χ0v) is 10.4.